The molecule has 8 heteroatoms. The molecule has 8 nitrogen and oxygen atoms in total. The third-order valence-corrected chi connectivity index (χ3v) is 2.76. The van der Waals surface area contributed by atoms with Crippen molar-refractivity contribution in [2.75, 3.05) is 26.4 Å². The highest BCUT2D eigenvalue weighted by Crippen LogP contribution is 2.12. The summed E-state index contributed by atoms with van der Waals surface area (Å²) in [6, 6.07) is 0. The Balaban J connectivity index is 1.69. The second kappa shape index (κ2) is 8.30. The topological polar surface area (TPSA) is 92.0 Å². The van der Waals surface area contributed by atoms with Gasteiger partial charge in [0, 0.05) is 18.0 Å². The van der Waals surface area contributed by atoms with Crippen LogP contribution in [0.1, 0.15) is 12.7 Å². The van der Waals surface area contributed by atoms with E-state index in [0.717, 1.165) is 17.1 Å². The molecule has 2 heterocycles. The number of ether oxygens (including phenoxy) is 2. The monoisotopic (exact) mass is 305 g/mol. The molecule has 0 saturated carbocycles. The van der Waals surface area contributed by atoms with E-state index in [1.165, 1.54) is 6.92 Å². The first-order valence-corrected chi connectivity index (χ1v) is 6.99. The zero-order chi connectivity index (χ0) is 15.8. The molecule has 0 radical (unpaired) electrons. The Hall–Kier alpha value is -2.19. The standard InChI is InChI=1S/C14H19N5O3/c1-11(20)10-22-6-5-21-4-3-19-9-14(17-18-19)13-7-15-12(2)16-8-13/h7-9H,3-6,10H2,1-2H3. The van der Waals surface area contributed by atoms with Crippen LogP contribution in [0.4, 0.5) is 0 Å². The Labute approximate surface area is 128 Å². The van der Waals surface area contributed by atoms with Gasteiger partial charge in [0.05, 0.1) is 32.6 Å². The minimum atomic E-state index is 0.00947. The molecule has 0 spiro atoms. The van der Waals surface area contributed by atoms with Crippen molar-refractivity contribution in [3.8, 4) is 11.3 Å². The van der Waals surface area contributed by atoms with E-state index >= 15 is 0 Å². The van der Waals surface area contributed by atoms with Crippen LogP contribution in [0.5, 0.6) is 0 Å². The first-order valence-electron chi connectivity index (χ1n) is 6.99. The maximum atomic E-state index is 10.7. The molecule has 0 bridgehead atoms. The van der Waals surface area contributed by atoms with Gasteiger partial charge in [0.15, 0.2) is 5.78 Å². The van der Waals surface area contributed by atoms with Gasteiger partial charge in [0.2, 0.25) is 0 Å². The van der Waals surface area contributed by atoms with E-state index in [0.29, 0.717) is 26.4 Å². The van der Waals surface area contributed by atoms with Gasteiger partial charge in [-0.25, -0.2) is 14.6 Å². The maximum absolute atomic E-state index is 10.7. The summed E-state index contributed by atoms with van der Waals surface area (Å²) < 4.78 is 12.2. The molecule has 0 saturated heterocycles. The zero-order valence-electron chi connectivity index (χ0n) is 12.7. The molecule has 0 N–H and O–H groups in total. The predicted octanol–water partition coefficient (Wildman–Crippen LogP) is 0.666. The first-order chi connectivity index (χ1) is 10.6. The van der Waals surface area contributed by atoms with E-state index in [-0.39, 0.29) is 12.4 Å². The molecule has 0 fully saturated rings. The number of aromatic nitrogens is 5. The zero-order valence-corrected chi connectivity index (χ0v) is 12.7. The van der Waals surface area contributed by atoms with Gasteiger partial charge in [0.1, 0.15) is 18.1 Å². The second-order valence-electron chi connectivity index (χ2n) is 4.75. The SMILES string of the molecule is CC(=O)COCCOCCn1cc(-c2cnc(C)nc2)nn1. The van der Waals surface area contributed by atoms with E-state index in [2.05, 4.69) is 20.3 Å². The van der Waals surface area contributed by atoms with Gasteiger partial charge >= 0.3 is 0 Å². The van der Waals surface area contributed by atoms with Crippen LogP contribution in [0.15, 0.2) is 18.6 Å². The first kappa shape index (κ1) is 16.2. The largest absolute Gasteiger partial charge is 0.377 e. The molecule has 0 aliphatic rings. The molecular formula is C14H19N5O3. The lowest BCUT2D eigenvalue weighted by molar-refractivity contribution is -0.121. The van der Waals surface area contributed by atoms with Gasteiger partial charge in [-0.15, -0.1) is 5.10 Å². The van der Waals surface area contributed by atoms with Crippen LogP contribution in [-0.4, -0.2) is 57.2 Å². The second-order valence-corrected chi connectivity index (χ2v) is 4.75. The van der Waals surface area contributed by atoms with Gasteiger partial charge in [-0.2, -0.15) is 0 Å². The van der Waals surface area contributed by atoms with Crippen LogP contribution in [0.2, 0.25) is 0 Å². The Bertz CT molecular complexity index is 597. The summed E-state index contributed by atoms with van der Waals surface area (Å²) in [5.74, 6) is 0.728. The number of hydrogen-bond donors (Lipinski definition) is 0. The molecule has 22 heavy (non-hydrogen) atoms. The normalized spacial score (nSPS) is 10.8. The van der Waals surface area contributed by atoms with E-state index in [4.69, 9.17) is 9.47 Å². The van der Waals surface area contributed by atoms with Gasteiger partial charge in [0.25, 0.3) is 0 Å². The van der Waals surface area contributed by atoms with Crippen molar-refractivity contribution in [1.29, 1.82) is 0 Å². The van der Waals surface area contributed by atoms with Crippen LogP contribution in [0.25, 0.3) is 11.3 Å². The smallest absolute Gasteiger partial charge is 0.155 e. The van der Waals surface area contributed by atoms with E-state index in [9.17, 15) is 4.79 Å². The lowest BCUT2D eigenvalue weighted by atomic mass is 10.3. The third-order valence-electron chi connectivity index (χ3n) is 2.76. The minimum Gasteiger partial charge on any atom is -0.377 e. The van der Waals surface area contributed by atoms with Crippen LogP contribution < -0.4 is 0 Å². The highest BCUT2D eigenvalue weighted by atomic mass is 16.5. The molecule has 118 valence electrons. The Morgan fingerprint density at radius 3 is 2.64 bits per heavy atom. The van der Waals surface area contributed by atoms with Crippen LogP contribution in [-0.2, 0) is 20.8 Å². The van der Waals surface area contributed by atoms with Gasteiger partial charge in [-0.1, -0.05) is 5.21 Å². The Morgan fingerprint density at radius 2 is 1.91 bits per heavy atom. The van der Waals surface area contributed by atoms with E-state index < -0.39 is 0 Å². The number of carbonyl (C=O) groups is 1. The molecule has 0 aliphatic carbocycles. The lowest BCUT2D eigenvalue weighted by Gasteiger charge is -2.04. The van der Waals surface area contributed by atoms with Crippen LogP contribution in [0.3, 0.4) is 0 Å². The van der Waals surface area contributed by atoms with Crippen molar-refractivity contribution < 1.29 is 14.3 Å². The van der Waals surface area contributed by atoms with Gasteiger partial charge in [-0.3, -0.25) is 4.79 Å². The number of ketones is 1. The number of Topliss-reactive ketones (excluding diaryl/α,β-unsaturated/α-hetero) is 1. The molecular weight excluding hydrogens is 286 g/mol. The summed E-state index contributed by atoms with van der Waals surface area (Å²) >= 11 is 0. The fourth-order valence-corrected chi connectivity index (χ4v) is 1.66. The fourth-order valence-electron chi connectivity index (χ4n) is 1.66. The number of nitrogens with zero attached hydrogens (tertiary/aromatic N) is 5. The van der Waals surface area contributed by atoms with Crippen molar-refractivity contribution in [1.82, 2.24) is 25.0 Å². The fraction of sp³-hybridized carbons (Fsp3) is 0.500. The molecule has 0 amide bonds. The van der Waals surface area contributed by atoms with Crippen molar-refractivity contribution in [2.45, 2.75) is 20.4 Å². The number of carbonyl (C=O) groups excluding carboxylic acids is 1. The summed E-state index contributed by atoms with van der Waals surface area (Å²) in [6.07, 6.45) is 5.27. The number of hydrogen-bond acceptors (Lipinski definition) is 7. The minimum absolute atomic E-state index is 0.00947. The molecule has 0 atom stereocenters. The van der Waals surface area contributed by atoms with Crippen molar-refractivity contribution >= 4 is 5.78 Å². The molecule has 2 aromatic rings. The highest BCUT2D eigenvalue weighted by molar-refractivity contribution is 5.76. The van der Waals surface area contributed by atoms with E-state index in [1.807, 2.05) is 13.1 Å². The van der Waals surface area contributed by atoms with E-state index in [1.54, 1.807) is 17.1 Å². The number of rotatable bonds is 9. The quantitative estimate of drug-likeness (QED) is 0.628. The van der Waals surface area contributed by atoms with Crippen molar-refractivity contribution in [3.05, 3.63) is 24.4 Å². The summed E-state index contributed by atoms with van der Waals surface area (Å²) in [5.41, 5.74) is 1.56. The summed E-state index contributed by atoms with van der Waals surface area (Å²) in [5, 5.41) is 8.11. The van der Waals surface area contributed by atoms with Crippen LogP contribution >= 0.6 is 0 Å². The Kier molecular flexibility index (Phi) is 6.11. The average molecular weight is 305 g/mol. The molecule has 2 rings (SSSR count). The molecule has 0 aliphatic heterocycles. The molecule has 0 aromatic carbocycles. The van der Waals surface area contributed by atoms with Crippen molar-refractivity contribution in [2.24, 2.45) is 0 Å². The summed E-state index contributed by atoms with van der Waals surface area (Å²) in [7, 11) is 0. The van der Waals surface area contributed by atoms with Crippen molar-refractivity contribution in [3.63, 3.8) is 0 Å². The summed E-state index contributed by atoms with van der Waals surface area (Å²) in [6.45, 7) is 5.39. The van der Waals surface area contributed by atoms with Gasteiger partial charge < -0.3 is 9.47 Å². The lowest BCUT2D eigenvalue weighted by Crippen LogP contribution is -2.12. The number of aryl methyl sites for hydroxylation is 1. The average Bonchev–Trinajstić information content (AvgIpc) is 2.95. The highest BCUT2D eigenvalue weighted by Gasteiger charge is 2.04. The summed E-state index contributed by atoms with van der Waals surface area (Å²) in [4.78, 5) is 18.9. The van der Waals surface area contributed by atoms with Gasteiger partial charge in [-0.05, 0) is 13.8 Å². The Morgan fingerprint density at radius 1 is 1.18 bits per heavy atom. The maximum Gasteiger partial charge on any atom is 0.155 e. The molecule has 0 unspecified atom stereocenters. The van der Waals surface area contributed by atoms with Crippen LogP contribution in [0, 0.1) is 6.92 Å². The predicted molar refractivity (Wildman–Crippen MR) is 78.1 cm³/mol. The third kappa shape index (κ3) is 5.30. The molecule has 2 aromatic heterocycles.